The van der Waals surface area contributed by atoms with Crippen LogP contribution < -0.4 is 5.32 Å². The number of hydrogen-bond acceptors (Lipinski definition) is 4. The van der Waals surface area contributed by atoms with Gasteiger partial charge in [-0.15, -0.1) is 0 Å². The van der Waals surface area contributed by atoms with Crippen molar-refractivity contribution in [3.63, 3.8) is 0 Å². The van der Waals surface area contributed by atoms with Crippen molar-refractivity contribution in [1.82, 2.24) is 15.3 Å². The Morgan fingerprint density at radius 3 is 3.07 bits per heavy atom. The predicted octanol–water partition coefficient (Wildman–Crippen LogP) is 0.702. The van der Waals surface area contributed by atoms with Crippen molar-refractivity contribution in [1.29, 1.82) is 0 Å². The third-order valence-electron chi connectivity index (χ3n) is 2.78. The molecule has 0 saturated carbocycles. The Hall–Kier alpha value is -1.00. The average molecular weight is 193 g/mol. The Balaban J connectivity index is 2.27. The van der Waals surface area contributed by atoms with E-state index in [0.717, 1.165) is 31.6 Å². The van der Waals surface area contributed by atoms with Gasteiger partial charge in [0, 0.05) is 19.9 Å². The van der Waals surface area contributed by atoms with Gasteiger partial charge in [0.1, 0.15) is 11.9 Å². The van der Waals surface area contributed by atoms with Gasteiger partial charge in [-0.1, -0.05) is 0 Å². The van der Waals surface area contributed by atoms with E-state index in [1.54, 1.807) is 19.6 Å². The second-order valence-corrected chi connectivity index (χ2v) is 3.57. The molecule has 0 amide bonds. The summed E-state index contributed by atoms with van der Waals surface area (Å²) < 4.78 is 5.61. The lowest BCUT2D eigenvalue weighted by Gasteiger charge is -2.35. The average Bonchev–Trinajstić information content (AvgIpc) is 2.31. The van der Waals surface area contributed by atoms with Gasteiger partial charge in [0.05, 0.1) is 5.69 Å². The number of aromatic nitrogens is 2. The minimum absolute atomic E-state index is 0.249. The monoisotopic (exact) mass is 193 g/mol. The summed E-state index contributed by atoms with van der Waals surface area (Å²) in [7, 11) is 1.75. The summed E-state index contributed by atoms with van der Waals surface area (Å²) >= 11 is 0. The quantitative estimate of drug-likeness (QED) is 0.751. The Bertz CT molecular complexity index is 283. The van der Waals surface area contributed by atoms with Gasteiger partial charge in [-0.3, -0.25) is 0 Å². The van der Waals surface area contributed by atoms with Crippen LogP contribution in [0.4, 0.5) is 0 Å². The van der Waals surface area contributed by atoms with E-state index in [0.29, 0.717) is 0 Å². The molecule has 0 aromatic carbocycles. The highest BCUT2D eigenvalue weighted by atomic mass is 16.5. The number of rotatable bonds is 2. The SMILES string of the molecule is COC1(c2ccncn2)CCCNC1. The van der Waals surface area contributed by atoms with Crippen molar-refractivity contribution in [2.45, 2.75) is 18.4 Å². The molecule has 0 radical (unpaired) electrons. The van der Waals surface area contributed by atoms with Crippen LogP contribution in [0.5, 0.6) is 0 Å². The van der Waals surface area contributed by atoms with E-state index >= 15 is 0 Å². The lowest BCUT2D eigenvalue weighted by molar-refractivity contribution is -0.0368. The van der Waals surface area contributed by atoms with Gasteiger partial charge in [-0.05, 0) is 25.5 Å². The zero-order valence-electron chi connectivity index (χ0n) is 8.36. The van der Waals surface area contributed by atoms with Crippen molar-refractivity contribution in [2.75, 3.05) is 20.2 Å². The summed E-state index contributed by atoms with van der Waals surface area (Å²) in [6.45, 7) is 1.90. The minimum atomic E-state index is -0.249. The standard InChI is InChI=1S/C10H15N3O/c1-14-10(4-2-5-11-7-10)9-3-6-12-8-13-9/h3,6,8,11H,2,4-5,7H2,1H3. The maximum atomic E-state index is 5.61. The van der Waals surface area contributed by atoms with E-state index < -0.39 is 0 Å². The van der Waals surface area contributed by atoms with E-state index in [9.17, 15) is 0 Å². The molecule has 1 aromatic rings. The van der Waals surface area contributed by atoms with Gasteiger partial charge in [-0.25, -0.2) is 9.97 Å². The van der Waals surface area contributed by atoms with Gasteiger partial charge in [-0.2, -0.15) is 0 Å². The molecular formula is C10H15N3O. The minimum Gasteiger partial charge on any atom is -0.371 e. The van der Waals surface area contributed by atoms with Gasteiger partial charge in [0.2, 0.25) is 0 Å². The Labute approximate surface area is 83.7 Å². The summed E-state index contributed by atoms with van der Waals surface area (Å²) in [6, 6.07) is 1.93. The van der Waals surface area contributed by atoms with Crippen molar-refractivity contribution >= 4 is 0 Å². The van der Waals surface area contributed by atoms with Crippen molar-refractivity contribution < 1.29 is 4.74 Å². The predicted molar refractivity (Wildman–Crippen MR) is 52.8 cm³/mol. The van der Waals surface area contributed by atoms with E-state index in [1.165, 1.54) is 0 Å². The molecule has 1 fully saturated rings. The number of hydrogen-bond donors (Lipinski definition) is 1. The van der Waals surface area contributed by atoms with Crippen LogP contribution in [-0.4, -0.2) is 30.2 Å². The van der Waals surface area contributed by atoms with Crippen LogP contribution in [0.3, 0.4) is 0 Å². The lowest BCUT2D eigenvalue weighted by atomic mass is 9.90. The molecule has 1 atom stereocenters. The van der Waals surface area contributed by atoms with Crippen LogP contribution in [0.15, 0.2) is 18.6 Å². The Morgan fingerprint density at radius 2 is 2.50 bits per heavy atom. The molecule has 1 unspecified atom stereocenters. The third-order valence-corrected chi connectivity index (χ3v) is 2.78. The third kappa shape index (κ3) is 1.63. The first-order valence-corrected chi connectivity index (χ1v) is 4.90. The summed E-state index contributed by atoms with van der Waals surface area (Å²) in [4.78, 5) is 8.19. The second-order valence-electron chi connectivity index (χ2n) is 3.57. The van der Waals surface area contributed by atoms with Crippen LogP contribution >= 0.6 is 0 Å². The highest BCUT2D eigenvalue weighted by Gasteiger charge is 2.34. The van der Waals surface area contributed by atoms with Crippen molar-refractivity contribution in [3.8, 4) is 0 Å². The molecule has 14 heavy (non-hydrogen) atoms. The first-order chi connectivity index (χ1) is 6.87. The summed E-state index contributed by atoms with van der Waals surface area (Å²) in [5.74, 6) is 0. The van der Waals surface area contributed by atoms with E-state index in [4.69, 9.17) is 4.74 Å². The molecule has 0 aliphatic carbocycles. The fraction of sp³-hybridized carbons (Fsp3) is 0.600. The largest absolute Gasteiger partial charge is 0.371 e. The van der Waals surface area contributed by atoms with Gasteiger partial charge in [0.25, 0.3) is 0 Å². The number of nitrogens with one attached hydrogen (secondary N) is 1. The van der Waals surface area contributed by atoms with Crippen molar-refractivity contribution in [2.24, 2.45) is 0 Å². The summed E-state index contributed by atoms with van der Waals surface area (Å²) in [5.41, 5.74) is 0.725. The first kappa shape index (κ1) is 9.55. The number of ether oxygens (including phenoxy) is 1. The molecule has 2 rings (SSSR count). The molecule has 0 bridgehead atoms. The molecular weight excluding hydrogens is 178 g/mol. The molecule has 0 spiro atoms. The molecule has 4 heteroatoms. The zero-order chi connectivity index (χ0) is 9.86. The molecule has 1 aliphatic heterocycles. The fourth-order valence-corrected chi connectivity index (χ4v) is 1.94. The van der Waals surface area contributed by atoms with Crippen LogP contribution in [0, 0.1) is 0 Å². The van der Waals surface area contributed by atoms with Gasteiger partial charge >= 0.3 is 0 Å². The zero-order valence-corrected chi connectivity index (χ0v) is 8.36. The molecule has 1 aliphatic rings. The molecule has 76 valence electrons. The Morgan fingerprint density at radius 1 is 1.57 bits per heavy atom. The molecule has 4 nitrogen and oxygen atoms in total. The van der Waals surface area contributed by atoms with Gasteiger partial charge in [0.15, 0.2) is 0 Å². The summed E-state index contributed by atoms with van der Waals surface area (Å²) in [6.07, 6.45) is 5.48. The molecule has 2 heterocycles. The van der Waals surface area contributed by atoms with E-state index in [1.807, 2.05) is 6.07 Å². The number of methoxy groups -OCH3 is 1. The fourth-order valence-electron chi connectivity index (χ4n) is 1.94. The lowest BCUT2D eigenvalue weighted by Crippen LogP contribution is -2.45. The smallest absolute Gasteiger partial charge is 0.122 e. The second kappa shape index (κ2) is 4.02. The molecule has 1 aromatic heterocycles. The number of piperidine rings is 1. The van der Waals surface area contributed by atoms with Crippen LogP contribution in [-0.2, 0) is 10.3 Å². The topological polar surface area (TPSA) is 47.0 Å². The normalized spacial score (nSPS) is 27.5. The highest BCUT2D eigenvalue weighted by molar-refractivity contribution is 5.12. The van der Waals surface area contributed by atoms with Gasteiger partial charge < -0.3 is 10.1 Å². The van der Waals surface area contributed by atoms with E-state index in [2.05, 4.69) is 15.3 Å². The van der Waals surface area contributed by atoms with Crippen molar-refractivity contribution in [3.05, 3.63) is 24.3 Å². The highest BCUT2D eigenvalue weighted by Crippen LogP contribution is 2.29. The molecule has 1 N–H and O–H groups in total. The van der Waals surface area contributed by atoms with E-state index in [-0.39, 0.29) is 5.60 Å². The molecule has 1 saturated heterocycles. The maximum absolute atomic E-state index is 5.61. The van der Waals surface area contributed by atoms with Crippen LogP contribution in [0.25, 0.3) is 0 Å². The Kier molecular flexibility index (Phi) is 2.74. The van der Waals surface area contributed by atoms with Crippen LogP contribution in [0.1, 0.15) is 18.5 Å². The number of nitrogens with zero attached hydrogens (tertiary/aromatic N) is 2. The van der Waals surface area contributed by atoms with Crippen LogP contribution in [0.2, 0.25) is 0 Å². The first-order valence-electron chi connectivity index (χ1n) is 4.90. The maximum Gasteiger partial charge on any atom is 0.122 e. The summed E-state index contributed by atoms with van der Waals surface area (Å²) in [5, 5.41) is 3.34.